The topological polar surface area (TPSA) is 51.2 Å². The second-order valence-electron chi connectivity index (χ2n) is 4.17. The lowest BCUT2D eigenvalue weighted by Gasteiger charge is -2.23. The Labute approximate surface area is 99.0 Å². The zero-order valence-electron chi connectivity index (χ0n) is 9.00. The third-order valence-electron chi connectivity index (χ3n) is 2.65. The maximum Gasteiger partial charge on any atom is 0.253 e. The molecule has 1 aliphatic heterocycles. The number of halogens is 1. The third-order valence-corrected chi connectivity index (χ3v) is 2.95. The molecule has 1 aliphatic rings. The minimum atomic E-state index is -0.288. The Morgan fingerprint density at radius 2 is 2.50 bits per heavy atom. The Hall–Kier alpha value is -1.13. The molecule has 1 fully saturated rings. The van der Waals surface area contributed by atoms with Crippen molar-refractivity contribution in [2.75, 3.05) is 13.2 Å². The number of amides is 1. The van der Waals surface area contributed by atoms with Gasteiger partial charge in [0, 0.05) is 19.0 Å². The average Bonchev–Trinajstić information content (AvgIpc) is 2.65. The molecule has 0 radical (unpaired) electrons. The molecule has 1 saturated heterocycles. The molecule has 86 valence electrons. The fourth-order valence-corrected chi connectivity index (χ4v) is 1.87. The maximum atomic E-state index is 11.9. The van der Waals surface area contributed by atoms with Crippen molar-refractivity contribution in [1.82, 2.24) is 10.3 Å². The summed E-state index contributed by atoms with van der Waals surface area (Å²) in [5.41, 5.74) is 0.161. The van der Waals surface area contributed by atoms with E-state index >= 15 is 0 Å². The Morgan fingerprint density at radius 1 is 1.69 bits per heavy atom. The van der Waals surface area contributed by atoms with Crippen LogP contribution in [-0.4, -0.2) is 29.6 Å². The maximum absolute atomic E-state index is 11.9. The number of nitrogens with zero attached hydrogens (tertiary/aromatic N) is 1. The van der Waals surface area contributed by atoms with Gasteiger partial charge in [-0.05, 0) is 19.4 Å². The van der Waals surface area contributed by atoms with Crippen LogP contribution in [0.3, 0.4) is 0 Å². The zero-order chi connectivity index (χ0) is 11.6. The van der Waals surface area contributed by atoms with Crippen molar-refractivity contribution in [2.24, 2.45) is 0 Å². The molecule has 1 N–H and O–H groups in total. The first-order valence-corrected chi connectivity index (χ1v) is 5.48. The van der Waals surface area contributed by atoms with Gasteiger partial charge in [-0.3, -0.25) is 9.78 Å². The molecule has 4 nitrogen and oxygen atoms in total. The fraction of sp³-hybridized carbons (Fsp3) is 0.455. The van der Waals surface area contributed by atoms with Crippen molar-refractivity contribution in [3.05, 3.63) is 29.0 Å². The molecule has 2 rings (SSSR count). The first-order chi connectivity index (χ1) is 7.61. The van der Waals surface area contributed by atoms with Gasteiger partial charge >= 0.3 is 0 Å². The smallest absolute Gasteiger partial charge is 0.253 e. The molecule has 1 aromatic heterocycles. The molecule has 1 amide bonds. The highest BCUT2D eigenvalue weighted by atomic mass is 35.5. The van der Waals surface area contributed by atoms with Gasteiger partial charge in [0.15, 0.2) is 0 Å². The van der Waals surface area contributed by atoms with Gasteiger partial charge in [0.2, 0.25) is 0 Å². The number of aromatic nitrogens is 1. The van der Waals surface area contributed by atoms with Crippen LogP contribution in [0.2, 0.25) is 5.02 Å². The van der Waals surface area contributed by atoms with Crippen molar-refractivity contribution in [1.29, 1.82) is 0 Å². The minimum Gasteiger partial charge on any atom is -0.379 e. The van der Waals surface area contributed by atoms with E-state index in [2.05, 4.69) is 10.3 Å². The van der Waals surface area contributed by atoms with Gasteiger partial charge in [-0.25, -0.2) is 0 Å². The minimum absolute atomic E-state index is 0.180. The molecule has 1 unspecified atom stereocenters. The van der Waals surface area contributed by atoms with Gasteiger partial charge in [0.25, 0.3) is 5.91 Å². The van der Waals surface area contributed by atoms with E-state index in [1.807, 2.05) is 6.92 Å². The van der Waals surface area contributed by atoms with Gasteiger partial charge in [-0.15, -0.1) is 0 Å². The monoisotopic (exact) mass is 240 g/mol. The number of pyridine rings is 1. The summed E-state index contributed by atoms with van der Waals surface area (Å²) in [6, 6.07) is 1.61. The summed E-state index contributed by atoms with van der Waals surface area (Å²) < 4.78 is 5.27. The van der Waals surface area contributed by atoms with Crippen LogP contribution in [0.4, 0.5) is 0 Å². The van der Waals surface area contributed by atoms with E-state index in [-0.39, 0.29) is 11.4 Å². The number of carbonyl (C=O) groups is 1. The quantitative estimate of drug-likeness (QED) is 0.855. The Bertz CT molecular complexity index is 403. The van der Waals surface area contributed by atoms with Crippen LogP contribution in [0.1, 0.15) is 23.7 Å². The van der Waals surface area contributed by atoms with Gasteiger partial charge < -0.3 is 10.1 Å². The van der Waals surface area contributed by atoms with E-state index in [9.17, 15) is 4.79 Å². The van der Waals surface area contributed by atoms with Crippen LogP contribution in [0.25, 0.3) is 0 Å². The van der Waals surface area contributed by atoms with Gasteiger partial charge in [0.05, 0.1) is 22.7 Å². The largest absolute Gasteiger partial charge is 0.379 e. The fourth-order valence-electron chi connectivity index (χ4n) is 1.67. The Balaban J connectivity index is 2.11. The zero-order valence-corrected chi connectivity index (χ0v) is 9.75. The summed E-state index contributed by atoms with van der Waals surface area (Å²) >= 11 is 5.90. The van der Waals surface area contributed by atoms with Crippen LogP contribution in [0, 0.1) is 0 Å². The van der Waals surface area contributed by atoms with E-state index in [0.717, 1.165) is 6.42 Å². The molecule has 0 aliphatic carbocycles. The molecular weight excluding hydrogens is 228 g/mol. The second-order valence-corrected chi connectivity index (χ2v) is 4.58. The number of nitrogens with one attached hydrogen (secondary N) is 1. The van der Waals surface area contributed by atoms with Gasteiger partial charge in [0.1, 0.15) is 0 Å². The number of hydrogen-bond donors (Lipinski definition) is 1. The van der Waals surface area contributed by atoms with E-state index in [1.165, 1.54) is 6.20 Å². The summed E-state index contributed by atoms with van der Waals surface area (Å²) in [7, 11) is 0. The molecule has 1 aromatic rings. The average molecular weight is 241 g/mol. The van der Waals surface area contributed by atoms with Gasteiger partial charge in [-0.1, -0.05) is 11.6 Å². The first-order valence-electron chi connectivity index (χ1n) is 5.10. The predicted octanol–water partition coefficient (Wildman–Crippen LogP) is 1.64. The second kappa shape index (κ2) is 4.39. The molecule has 16 heavy (non-hydrogen) atoms. The van der Waals surface area contributed by atoms with Crippen LogP contribution in [0.15, 0.2) is 18.5 Å². The summed E-state index contributed by atoms with van der Waals surface area (Å²) in [6.45, 7) is 3.19. The highest BCUT2D eigenvalue weighted by Gasteiger charge is 2.31. The number of hydrogen-bond acceptors (Lipinski definition) is 3. The molecule has 0 saturated carbocycles. The van der Waals surface area contributed by atoms with Gasteiger partial charge in [-0.2, -0.15) is 0 Å². The van der Waals surface area contributed by atoms with E-state index in [1.54, 1.807) is 12.3 Å². The lowest BCUT2D eigenvalue weighted by molar-refractivity contribution is 0.0890. The number of ether oxygens (including phenoxy) is 1. The van der Waals surface area contributed by atoms with E-state index in [4.69, 9.17) is 16.3 Å². The lowest BCUT2D eigenvalue weighted by atomic mass is 10.0. The Kier molecular flexibility index (Phi) is 3.12. The van der Waals surface area contributed by atoms with Crippen LogP contribution >= 0.6 is 11.6 Å². The van der Waals surface area contributed by atoms with Crippen LogP contribution in [0.5, 0.6) is 0 Å². The molecular formula is C11H13ClN2O2. The van der Waals surface area contributed by atoms with Crippen molar-refractivity contribution in [3.8, 4) is 0 Å². The highest BCUT2D eigenvalue weighted by Crippen LogP contribution is 2.20. The number of carbonyl (C=O) groups excluding carboxylic acids is 1. The summed E-state index contributed by atoms with van der Waals surface area (Å²) in [6.07, 6.45) is 3.83. The highest BCUT2D eigenvalue weighted by molar-refractivity contribution is 6.33. The number of rotatable bonds is 2. The molecule has 1 atom stereocenters. The van der Waals surface area contributed by atoms with Crippen LogP contribution < -0.4 is 5.32 Å². The normalized spacial score (nSPS) is 24.4. The molecule has 5 heteroatoms. The van der Waals surface area contributed by atoms with Crippen LogP contribution in [-0.2, 0) is 4.74 Å². The van der Waals surface area contributed by atoms with E-state index < -0.39 is 0 Å². The molecule has 0 spiro atoms. The summed E-state index contributed by atoms with van der Waals surface area (Å²) in [5.74, 6) is -0.180. The SMILES string of the molecule is CC1(NC(=O)c2ccncc2Cl)CCOC1. The Morgan fingerprint density at radius 3 is 3.12 bits per heavy atom. The first kappa shape index (κ1) is 11.4. The predicted molar refractivity (Wildman–Crippen MR) is 60.6 cm³/mol. The van der Waals surface area contributed by atoms with Crippen molar-refractivity contribution < 1.29 is 9.53 Å². The molecule has 0 bridgehead atoms. The van der Waals surface area contributed by atoms with E-state index in [0.29, 0.717) is 23.8 Å². The lowest BCUT2D eigenvalue weighted by Crippen LogP contribution is -2.46. The molecule has 0 aromatic carbocycles. The van der Waals surface area contributed by atoms with Crippen molar-refractivity contribution in [3.63, 3.8) is 0 Å². The summed E-state index contributed by atoms with van der Waals surface area (Å²) in [4.78, 5) is 15.8. The van der Waals surface area contributed by atoms with Crippen molar-refractivity contribution >= 4 is 17.5 Å². The third kappa shape index (κ3) is 2.33. The van der Waals surface area contributed by atoms with Crippen molar-refractivity contribution in [2.45, 2.75) is 18.9 Å². The standard InChI is InChI=1S/C11H13ClN2O2/c1-11(3-5-16-7-11)14-10(15)8-2-4-13-6-9(8)12/h2,4,6H,3,5,7H2,1H3,(H,14,15). The summed E-state index contributed by atoms with van der Waals surface area (Å²) in [5, 5.41) is 3.30. The molecule has 2 heterocycles.